The van der Waals surface area contributed by atoms with Crippen LogP contribution >= 0.6 is 11.6 Å². The SMILES string of the molecule is COCc1cc(CN2C(=O)C(=O)c3ccc(Cl)cc32)no1. The summed E-state index contributed by atoms with van der Waals surface area (Å²) in [7, 11) is 1.54. The molecule has 1 aromatic heterocycles. The van der Waals surface area contributed by atoms with Crippen molar-refractivity contribution in [3.8, 4) is 0 Å². The summed E-state index contributed by atoms with van der Waals surface area (Å²) in [5.74, 6) is -0.581. The number of aromatic nitrogens is 1. The van der Waals surface area contributed by atoms with Gasteiger partial charge in [-0.2, -0.15) is 0 Å². The van der Waals surface area contributed by atoms with Crippen molar-refractivity contribution in [2.24, 2.45) is 0 Å². The Hall–Kier alpha value is -2.18. The molecular weight excluding hydrogens is 296 g/mol. The average Bonchev–Trinajstić information content (AvgIpc) is 2.99. The van der Waals surface area contributed by atoms with Crippen LogP contribution in [0.15, 0.2) is 28.8 Å². The molecule has 0 spiro atoms. The summed E-state index contributed by atoms with van der Waals surface area (Å²) in [6, 6.07) is 6.42. The summed E-state index contributed by atoms with van der Waals surface area (Å²) in [5.41, 5.74) is 1.38. The van der Waals surface area contributed by atoms with E-state index in [9.17, 15) is 9.59 Å². The third-order valence-corrected chi connectivity index (χ3v) is 3.38. The topological polar surface area (TPSA) is 72.6 Å². The highest BCUT2D eigenvalue weighted by molar-refractivity contribution is 6.52. The minimum absolute atomic E-state index is 0.144. The second kappa shape index (κ2) is 5.31. The highest BCUT2D eigenvalue weighted by Gasteiger charge is 2.36. The van der Waals surface area contributed by atoms with Gasteiger partial charge in [0.15, 0.2) is 5.76 Å². The first-order valence-electron chi connectivity index (χ1n) is 6.19. The van der Waals surface area contributed by atoms with Gasteiger partial charge < -0.3 is 9.26 Å². The molecule has 21 heavy (non-hydrogen) atoms. The Morgan fingerprint density at radius 3 is 2.90 bits per heavy atom. The third kappa shape index (κ3) is 2.43. The molecule has 3 rings (SSSR count). The quantitative estimate of drug-likeness (QED) is 0.810. The molecule has 0 fully saturated rings. The van der Waals surface area contributed by atoms with E-state index < -0.39 is 11.7 Å². The monoisotopic (exact) mass is 306 g/mol. The fourth-order valence-corrected chi connectivity index (χ4v) is 2.39. The van der Waals surface area contributed by atoms with Gasteiger partial charge >= 0.3 is 0 Å². The number of benzene rings is 1. The molecule has 0 saturated carbocycles. The van der Waals surface area contributed by atoms with Crippen molar-refractivity contribution in [2.45, 2.75) is 13.2 Å². The number of hydrogen-bond acceptors (Lipinski definition) is 5. The van der Waals surface area contributed by atoms with Crippen LogP contribution in [0.3, 0.4) is 0 Å². The lowest BCUT2D eigenvalue weighted by Gasteiger charge is -2.14. The molecule has 0 unspecified atom stereocenters. The van der Waals surface area contributed by atoms with Gasteiger partial charge in [-0.05, 0) is 18.2 Å². The Labute approximate surface area is 125 Å². The first-order chi connectivity index (χ1) is 10.1. The Morgan fingerprint density at radius 2 is 2.14 bits per heavy atom. The van der Waals surface area contributed by atoms with Crippen molar-refractivity contribution in [1.82, 2.24) is 5.16 Å². The molecule has 0 radical (unpaired) electrons. The fourth-order valence-electron chi connectivity index (χ4n) is 2.23. The standard InChI is InChI=1S/C14H11ClN2O4/c1-20-7-10-5-9(16-21-10)6-17-12-4-8(15)2-3-11(12)13(18)14(17)19/h2-5H,6-7H2,1H3. The summed E-state index contributed by atoms with van der Waals surface area (Å²) >= 11 is 5.93. The van der Waals surface area contributed by atoms with E-state index in [1.165, 1.54) is 4.90 Å². The number of carbonyl (C=O) groups excluding carboxylic acids is 2. The van der Waals surface area contributed by atoms with Gasteiger partial charge in [0, 0.05) is 18.2 Å². The summed E-state index contributed by atoms with van der Waals surface area (Å²) in [6.07, 6.45) is 0. The predicted molar refractivity (Wildman–Crippen MR) is 74.2 cm³/mol. The van der Waals surface area contributed by atoms with Crippen molar-refractivity contribution in [2.75, 3.05) is 12.0 Å². The van der Waals surface area contributed by atoms with Crippen molar-refractivity contribution in [3.63, 3.8) is 0 Å². The zero-order valence-corrected chi connectivity index (χ0v) is 11.9. The van der Waals surface area contributed by atoms with E-state index in [1.54, 1.807) is 31.4 Å². The number of halogens is 1. The first-order valence-corrected chi connectivity index (χ1v) is 6.57. The first kappa shape index (κ1) is 13.8. The van der Waals surface area contributed by atoms with Gasteiger partial charge in [0.1, 0.15) is 12.3 Å². The molecule has 2 heterocycles. The van der Waals surface area contributed by atoms with E-state index in [0.717, 1.165) is 0 Å². The van der Waals surface area contributed by atoms with Gasteiger partial charge in [-0.15, -0.1) is 0 Å². The average molecular weight is 307 g/mol. The van der Waals surface area contributed by atoms with Crippen LogP contribution in [0.25, 0.3) is 0 Å². The smallest absolute Gasteiger partial charge is 0.299 e. The second-order valence-corrected chi connectivity index (χ2v) is 5.04. The van der Waals surface area contributed by atoms with E-state index in [-0.39, 0.29) is 6.54 Å². The molecule has 0 bridgehead atoms. The van der Waals surface area contributed by atoms with Crippen LogP contribution < -0.4 is 4.90 Å². The maximum absolute atomic E-state index is 12.1. The lowest BCUT2D eigenvalue weighted by atomic mass is 10.1. The number of ketones is 1. The number of ether oxygens (including phenoxy) is 1. The molecule has 0 atom stereocenters. The van der Waals surface area contributed by atoms with Crippen molar-refractivity contribution in [1.29, 1.82) is 0 Å². The summed E-state index contributed by atoms with van der Waals surface area (Å²) in [5, 5.41) is 4.32. The van der Waals surface area contributed by atoms with E-state index in [4.69, 9.17) is 20.9 Å². The third-order valence-electron chi connectivity index (χ3n) is 3.15. The van der Waals surface area contributed by atoms with Crippen LogP contribution in [0.2, 0.25) is 5.02 Å². The number of rotatable bonds is 4. The van der Waals surface area contributed by atoms with Crippen LogP contribution in [-0.4, -0.2) is 24.0 Å². The number of amides is 1. The minimum atomic E-state index is -0.594. The molecule has 0 N–H and O–H groups in total. The zero-order chi connectivity index (χ0) is 15.0. The van der Waals surface area contributed by atoms with E-state index in [0.29, 0.717) is 34.3 Å². The minimum Gasteiger partial charge on any atom is -0.377 e. The maximum Gasteiger partial charge on any atom is 0.299 e. The van der Waals surface area contributed by atoms with Crippen LogP contribution in [-0.2, 0) is 22.7 Å². The number of carbonyl (C=O) groups is 2. The molecule has 108 valence electrons. The number of Topliss-reactive ketones (excluding diaryl/α,β-unsaturated/α-hetero) is 1. The Morgan fingerprint density at radius 1 is 1.33 bits per heavy atom. The Kier molecular flexibility index (Phi) is 3.48. The maximum atomic E-state index is 12.1. The van der Waals surface area contributed by atoms with Crippen LogP contribution in [0, 0.1) is 0 Å². The van der Waals surface area contributed by atoms with Crippen molar-refractivity contribution in [3.05, 3.63) is 46.3 Å². The van der Waals surface area contributed by atoms with Gasteiger partial charge in [-0.1, -0.05) is 16.8 Å². The molecule has 1 amide bonds. The Balaban J connectivity index is 1.90. The number of fused-ring (bicyclic) bond motifs is 1. The van der Waals surface area contributed by atoms with Crippen molar-refractivity contribution < 1.29 is 18.8 Å². The fraction of sp³-hybridized carbons (Fsp3) is 0.214. The van der Waals surface area contributed by atoms with Crippen molar-refractivity contribution >= 4 is 29.0 Å². The van der Waals surface area contributed by atoms with Gasteiger partial charge in [0.25, 0.3) is 11.7 Å². The van der Waals surface area contributed by atoms with Gasteiger partial charge in [-0.3, -0.25) is 14.5 Å². The molecule has 0 aliphatic carbocycles. The van der Waals surface area contributed by atoms with Crippen LogP contribution in [0.1, 0.15) is 21.8 Å². The normalized spacial score (nSPS) is 13.9. The summed E-state index contributed by atoms with van der Waals surface area (Å²) < 4.78 is 10.0. The number of methoxy groups -OCH3 is 1. The molecule has 0 saturated heterocycles. The number of nitrogens with zero attached hydrogens (tertiary/aromatic N) is 2. The summed E-state index contributed by atoms with van der Waals surface area (Å²) in [4.78, 5) is 25.3. The molecule has 1 aromatic carbocycles. The summed E-state index contributed by atoms with van der Waals surface area (Å²) in [6.45, 7) is 0.438. The number of hydrogen-bond donors (Lipinski definition) is 0. The molecule has 2 aromatic rings. The second-order valence-electron chi connectivity index (χ2n) is 4.60. The van der Waals surface area contributed by atoms with Gasteiger partial charge in [-0.25, -0.2) is 0 Å². The predicted octanol–water partition coefficient (Wildman–Crippen LogP) is 2.20. The molecule has 1 aliphatic heterocycles. The van der Waals surface area contributed by atoms with Gasteiger partial charge in [0.05, 0.1) is 17.8 Å². The molecule has 1 aliphatic rings. The van der Waals surface area contributed by atoms with Crippen LogP contribution in [0.4, 0.5) is 5.69 Å². The van der Waals surface area contributed by atoms with Gasteiger partial charge in [0.2, 0.25) is 0 Å². The van der Waals surface area contributed by atoms with E-state index in [1.807, 2.05) is 0 Å². The Bertz CT molecular complexity index is 726. The van der Waals surface area contributed by atoms with E-state index >= 15 is 0 Å². The molecule has 7 heteroatoms. The lowest BCUT2D eigenvalue weighted by molar-refractivity contribution is -0.114. The zero-order valence-electron chi connectivity index (χ0n) is 11.1. The van der Waals surface area contributed by atoms with Crippen LogP contribution in [0.5, 0.6) is 0 Å². The largest absolute Gasteiger partial charge is 0.377 e. The molecular formula is C14H11ClN2O4. The van der Waals surface area contributed by atoms with E-state index in [2.05, 4.69) is 5.16 Å². The highest BCUT2D eigenvalue weighted by atomic mass is 35.5. The molecule has 6 nitrogen and oxygen atoms in total. The number of anilines is 1. The lowest BCUT2D eigenvalue weighted by Crippen LogP contribution is -2.29. The highest BCUT2D eigenvalue weighted by Crippen LogP contribution is 2.32.